The number of fused-ring (bicyclic) bond motifs is 1. The Balaban J connectivity index is 1.31. The number of anilines is 1. The van der Waals surface area contributed by atoms with E-state index < -0.39 is 0 Å². The Hall–Kier alpha value is -3.39. The maximum absolute atomic E-state index is 13.3. The van der Waals surface area contributed by atoms with E-state index in [2.05, 4.69) is 40.0 Å². The molecule has 2 aromatic carbocycles. The van der Waals surface area contributed by atoms with Gasteiger partial charge in [0.15, 0.2) is 5.82 Å². The van der Waals surface area contributed by atoms with E-state index in [-0.39, 0.29) is 17.1 Å². The molecule has 1 saturated heterocycles. The maximum Gasteiger partial charge on any atom is 0.253 e. The van der Waals surface area contributed by atoms with Crippen LogP contribution in [0.15, 0.2) is 54.9 Å². The molecule has 1 aliphatic rings. The lowest BCUT2D eigenvalue weighted by atomic mass is 9.86. The molecular formula is C26H26FN5OS. The molecule has 34 heavy (non-hydrogen) atoms. The molecule has 174 valence electrons. The molecule has 1 amide bonds. The molecule has 0 spiro atoms. The second kappa shape index (κ2) is 8.76. The number of hydrogen-bond donors (Lipinski definition) is 0. The minimum Gasteiger partial charge on any atom is -0.352 e. The minimum atomic E-state index is -0.281. The van der Waals surface area contributed by atoms with Crippen LogP contribution in [0.25, 0.3) is 21.5 Å². The van der Waals surface area contributed by atoms with E-state index in [1.807, 2.05) is 29.2 Å². The molecule has 1 aliphatic heterocycles. The fourth-order valence-corrected chi connectivity index (χ4v) is 5.06. The van der Waals surface area contributed by atoms with E-state index >= 15 is 0 Å². The van der Waals surface area contributed by atoms with Crippen molar-refractivity contribution in [1.29, 1.82) is 0 Å². The number of benzene rings is 2. The van der Waals surface area contributed by atoms with Crippen molar-refractivity contribution in [2.75, 3.05) is 31.1 Å². The summed E-state index contributed by atoms with van der Waals surface area (Å²) in [5.74, 6) is 0.609. The number of nitrogens with zero attached hydrogens (tertiary/aromatic N) is 5. The number of aromatic nitrogens is 3. The fourth-order valence-electron chi connectivity index (χ4n) is 4.19. The summed E-state index contributed by atoms with van der Waals surface area (Å²) in [6, 6.07) is 14.2. The maximum atomic E-state index is 13.3. The van der Waals surface area contributed by atoms with Crippen molar-refractivity contribution >= 4 is 33.5 Å². The monoisotopic (exact) mass is 475 g/mol. The van der Waals surface area contributed by atoms with E-state index in [4.69, 9.17) is 0 Å². The molecular weight excluding hydrogens is 449 g/mol. The van der Waals surface area contributed by atoms with Crippen molar-refractivity contribution in [3.8, 4) is 11.3 Å². The number of hydrogen-bond acceptors (Lipinski definition) is 6. The van der Waals surface area contributed by atoms with Crippen molar-refractivity contribution in [2.45, 2.75) is 26.2 Å². The summed E-state index contributed by atoms with van der Waals surface area (Å²) < 4.78 is 18.8. The molecule has 3 heterocycles. The van der Waals surface area contributed by atoms with E-state index in [0.717, 1.165) is 32.9 Å². The van der Waals surface area contributed by atoms with E-state index in [0.29, 0.717) is 26.2 Å². The largest absolute Gasteiger partial charge is 0.352 e. The zero-order valence-corrected chi connectivity index (χ0v) is 20.3. The number of rotatable bonds is 3. The van der Waals surface area contributed by atoms with Gasteiger partial charge in [-0.15, -0.1) is 0 Å². The van der Waals surface area contributed by atoms with E-state index in [1.165, 1.54) is 29.2 Å². The second-order valence-corrected chi connectivity index (χ2v) is 10.3. The van der Waals surface area contributed by atoms with Gasteiger partial charge in [-0.25, -0.2) is 14.4 Å². The molecule has 6 nitrogen and oxygen atoms in total. The molecule has 0 N–H and O–H groups in total. The predicted molar refractivity (Wildman–Crippen MR) is 134 cm³/mol. The summed E-state index contributed by atoms with van der Waals surface area (Å²) in [4.78, 5) is 26.1. The van der Waals surface area contributed by atoms with Crippen LogP contribution in [-0.4, -0.2) is 51.3 Å². The Labute approximate surface area is 202 Å². The Kier molecular flexibility index (Phi) is 5.77. The fraction of sp³-hybridized carbons (Fsp3) is 0.308. The lowest BCUT2D eigenvalue weighted by Crippen LogP contribution is -2.49. The van der Waals surface area contributed by atoms with Gasteiger partial charge in [-0.05, 0) is 58.9 Å². The van der Waals surface area contributed by atoms with Crippen molar-refractivity contribution < 1.29 is 9.18 Å². The highest BCUT2D eigenvalue weighted by molar-refractivity contribution is 7.14. The first kappa shape index (κ1) is 22.4. The Morgan fingerprint density at radius 1 is 0.941 bits per heavy atom. The van der Waals surface area contributed by atoms with Crippen LogP contribution < -0.4 is 4.90 Å². The number of piperazine rings is 1. The van der Waals surface area contributed by atoms with Crippen LogP contribution in [0.5, 0.6) is 0 Å². The smallest absolute Gasteiger partial charge is 0.253 e. The van der Waals surface area contributed by atoms with Crippen LogP contribution in [0.4, 0.5) is 10.2 Å². The van der Waals surface area contributed by atoms with Crippen LogP contribution in [-0.2, 0) is 5.41 Å². The lowest BCUT2D eigenvalue weighted by Gasteiger charge is -2.35. The van der Waals surface area contributed by atoms with Gasteiger partial charge < -0.3 is 9.80 Å². The summed E-state index contributed by atoms with van der Waals surface area (Å²) >= 11 is 1.35. The van der Waals surface area contributed by atoms with Crippen LogP contribution in [0.3, 0.4) is 0 Å². The van der Waals surface area contributed by atoms with Gasteiger partial charge in [0.25, 0.3) is 5.91 Å². The van der Waals surface area contributed by atoms with Gasteiger partial charge in [-0.1, -0.05) is 32.9 Å². The molecule has 0 saturated carbocycles. The highest BCUT2D eigenvalue weighted by atomic mass is 32.1. The van der Waals surface area contributed by atoms with Crippen molar-refractivity contribution in [3.05, 3.63) is 71.8 Å². The van der Waals surface area contributed by atoms with Crippen LogP contribution in [0.1, 0.15) is 36.7 Å². The summed E-state index contributed by atoms with van der Waals surface area (Å²) in [6.07, 6.45) is 1.55. The molecule has 2 aromatic heterocycles. The summed E-state index contributed by atoms with van der Waals surface area (Å²) in [5, 5.41) is 0. The molecule has 1 fully saturated rings. The molecule has 8 heteroatoms. The van der Waals surface area contributed by atoms with Gasteiger partial charge in [0.05, 0.1) is 0 Å². The standard InChI is InChI=1S/C26H26FN5OS/c1-26(2,3)19-8-4-18(5-9-19)25(33)32-14-12-31(13-15-32)24-23-22(28-16-29-24)21(30-34-23)17-6-10-20(27)11-7-17/h4-11,16H,12-15H2,1-3H3. The third-order valence-electron chi connectivity index (χ3n) is 6.22. The van der Waals surface area contributed by atoms with E-state index in [9.17, 15) is 9.18 Å². The van der Waals surface area contributed by atoms with Crippen molar-refractivity contribution in [3.63, 3.8) is 0 Å². The van der Waals surface area contributed by atoms with Crippen LogP contribution in [0.2, 0.25) is 0 Å². The van der Waals surface area contributed by atoms with Gasteiger partial charge in [-0.2, -0.15) is 4.37 Å². The molecule has 5 rings (SSSR count). The lowest BCUT2D eigenvalue weighted by molar-refractivity contribution is 0.0746. The first-order valence-electron chi connectivity index (χ1n) is 11.3. The molecule has 0 radical (unpaired) electrons. The third-order valence-corrected chi connectivity index (χ3v) is 7.05. The highest BCUT2D eigenvalue weighted by Gasteiger charge is 2.26. The Morgan fingerprint density at radius 3 is 2.26 bits per heavy atom. The van der Waals surface area contributed by atoms with Gasteiger partial charge in [-0.3, -0.25) is 4.79 Å². The van der Waals surface area contributed by atoms with E-state index in [1.54, 1.807) is 18.5 Å². The SMILES string of the molecule is CC(C)(C)c1ccc(C(=O)N2CCN(c3ncnc4c(-c5ccc(F)cc5)nsc34)CC2)cc1. The second-order valence-electron chi connectivity index (χ2n) is 9.52. The Bertz CT molecular complexity index is 1320. The number of halogens is 1. The first-order valence-corrected chi connectivity index (χ1v) is 12.1. The quantitative estimate of drug-likeness (QED) is 0.410. The normalized spacial score (nSPS) is 14.6. The van der Waals surface area contributed by atoms with Gasteiger partial charge >= 0.3 is 0 Å². The van der Waals surface area contributed by atoms with Gasteiger partial charge in [0.2, 0.25) is 0 Å². The van der Waals surface area contributed by atoms with Crippen LogP contribution >= 0.6 is 11.5 Å². The average molecular weight is 476 g/mol. The zero-order chi connectivity index (χ0) is 23.9. The summed E-state index contributed by atoms with van der Waals surface area (Å²) in [6.45, 7) is 9.10. The molecule has 0 bridgehead atoms. The number of carbonyl (C=O) groups is 1. The summed E-state index contributed by atoms with van der Waals surface area (Å²) in [7, 11) is 0. The topological polar surface area (TPSA) is 62.2 Å². The minimum absolute atomic E-state index is 0.0588. The first-order chi connectivity index (χ1) is 16.3. The zero-order valence-electron chi connectivity index (χ0n) is 19.5. The molecule has 0 atom stereocenters. The average Bonchev–Trinajstić information content (AvgIpc) is 3.28. The Morgan fingerprint density at radius 2 is 1.62 bits per heavy atom. The van der Waals surface area contributed by atoms with Gasteiger partial charge in [0.1, 0.15) is 28.1 Å². The highest BCUT2D eigenvalue weighted by Crippen LogP contribution is 2.34. The molecule has 4 aromatic rings. The predicted octanol–water partition coefficient (Wildman–Crippen LogP) is 5.15. The van der Waals surface area contributed by atoms with Crippen molar-refractivity contribution in [1.82, 2.24) is 19.2 Å². The molecule has 0 unspecified atom stereocenters. The summed E-state index contributed by atoms with van der Waals surface area (Å²) in [5.41, 5.74) is 4.31. The number of carbonyl (C=O) groups excluding carboxylic acids is 1. The van der Waals surface area contributed by atoms with Crippen molar-refractivity contribution in [2.24, 2.45) is 0 Å². The van der Waals surface area contributed by atoms with Crippen LogP contribution in [0, 0.1) is 5.82 Å². The molecule has 0 aliphatic carbocycles. The number of amides is 1. The van der Waals surface area contributed by atoms with Gasteiger partial charge in [0, 0.05) is 37.3 Å². The third kappa shape index (κ3) is 4.25.